The molecule has 1 heterocycles. The Labute approximate surface area is 130 Å². The minimum absolute atomic E-state index is 0.0350. The van der Waals surface area contributed by atoms with Gasteiger partial charge in [0.2, 0.25) is 5.91 Å². The lowest BCUT2D eigenvalue weighted by Crippen LogP contribution is -2.44. The fourth-order valence-corrected chi connectivity index (χ4v) is 3.70. The maximum atomic E-state index is 13.6. The van der Waals surface area contributed by atoms with Crippen molar-refractivity contribution < 1.29 is 14.3 Å². The first kappa shape index (κ1) is 15.4. The first-order valence-electron chi connectivity index (χ1n) is 8.11. The van der Waals surface area contributed by atoms with Crippen LogP contribution < -0.4 is 10.6 Å². The molecule has 1 aliphatic carbocycles. The quantitative estimate of drug-likeness (QED) is 0.796. The monoisotopic (exact) mass is 306 g/mol. The Kier molecular flexibility index (Phi) is 4.74. The summed E-state index contributed by atoms with van der Waals surface area (Å²) in [5.41, 5.74) is 0.218. The van der Waals surface area contributed by atoms with Crippen molar-refractivity contribution in [1.29, 1.82) is 0 Å². The van der Waals surface area contributed by atoms with E-state index in [2.05, 4.69) is 10.6 Å². The van der Waals surface area contributed by atoms with Crippen LogP contribution in [-0.4, -0.2) is 29.6 Å². The van der Waals surface area contributed by atoms with Gasteiger partial charge in [-0.3, -0.25) is 4.79 Å². The lowest BCUT2D eigenvalue weighted by molar-refractivity contribution is -0.123. The van der Waals surface area contributed by atoms with E-state index in [1.54, 1.807) is 12.1 Å². The number of halogens is 1. The summed E-state index contributed by atoms with van der Waals surface area (Å²) in [4.78, 5) is 12.2. The SMILES string of the molecule is O=C(NCC(O)c1ccccc1F)C1CC2CCCCC2N1. The van der Waals surface area contributed by atoms with Gasteiger partial charge in [0.15, 0.2) is 0 Å². The van der Waals surface area contributed by atoms with Crippen LogP contribution in [0.15, 0.2) is 24.3 Å². The van der Waals surface area contributed by atoms with Crippen molar-refractivity contribution in [3.05, 3.63) is 35.6 Å². The molecular formula is C17H23FN2O2. The number of aliphatic hydroxyl groups excluding tert-OH is 1. The molecule has 5 heteroatoms. The lowest BCUT2D eigenvalue weighted by Gasteiger charge is -2.24. The number of fused-ring (bicyclic) bond motifs is 1. The zero-order valence-electron chi connectivity index (χ0n) is 12.6. The van der Waals surface area contributed by atoms with Gasteiger partial charge in [-0.15, -0.1) is 0 Å². The van der Waals surface area contributed by atoms with Gasteiger partial charge in [-0.2, -0.15) is 0 Å². The predicted molar refractivity (Wildman–Crippen MR) is 81.7 cm³/mol. The van der Waals surface area contributed by atoms with Crippen molar-refractivity contribution in [2.45, 2.75) is 50.3 Å². The van der Waals surface area contributed by atoms with E-state index in [0.717, 1.165) is 12.8 Å². The smallest absolute Gasteiger partial charge is 0.237 e. The molecule has 4 unspecified atom stereocenters. The van der Waals surface area contributed by atoms with Crippen LogP contribution in [0.4, 0.5) is 4.39 Å². The summed E-state index contributed by atoms with van der Waals surface area (Å²) in [7, 11) is 0. The van der Waals surface area contributed by atoms with Crippen LogP contribution in [0, 0.1) is 11.7 Å². The summed E-state index contributed by atoms with van der Waals surface area (Å²) in [6.07, 6.45) is 4.67. The summed E-state index contributed by atoms with van der Waals surface area (Å²) in [5, 5.41) is 16.2. The normalized spacial score (nSPS) is 28.9. The largest absolute Gasteiger partial charge is 0.386 e. The molecule has 1 saturated carbocycles. The van der Waals surface area contributed by atoms with E-state index in [4.69, 9.17) is 0 Å². The molecular weight excluding hydrogens is 283 g/mol. The van der Waals surface area contributed by atoms with Gasteiger partial charge in [0.05, 0.1) is 12.1 Å². The second kappa shape index (κ2) is 6.75. The van der Waals surface area contributed by atoms with Gasteiger partial charge in [0.25, 0.3) is 0 Å². The molecule has 0 radical (unpaired) electrons. The summed E-state index contributed by atoms with van der Waals surface area (Å²) in [5.74, 6) is 0.0556. The number of benzene rings is 1. The summed E-state index contributed by atoms with van der Waals surface area (Å²) in [6, 6.07) is 6.38. The Morgan fingerprint density at radius 2 is 2.14 bits per heavy atom. The van der Waals surface area contributed by atoms with Gasteiger partial charge in [0, 0.05) is 18.2 Å². The van der Waals surface area contributed by atoms with E-state index in [1.165, 1.54) is 31.4 Å². The van der Waals surface area contributed by atoms with Crippen molar-refractivity contribution in [3.8, 4) is 0 Å². The molecule has 1 saturated heterocycles. The average Bonchev–Trinajstić information content (AvgIpc) is 2.97. The first-order valence-corrected chi connectivity index (χ1v) is 8.11. The van der Waals surface area contributed by atoms with Crippen LogP contribution in [0.2, 0.25) is 0 Å². The number of hydrogen-bond acceptors (Lipinski definition) is 3. The van der Waals surface area contributed by atoms with Gasteiger partial charge in [-0.1, -0.05) is 31.0 Å². The average molecular weight is 306 g/mol. The van der Waals surface area contributed by atoms with E-state index in [0.29, 0.717) is 12.0 Å². The third-order valence-corrected chi connectivity index (χ3v) is 4.91. The number of hydrogen-bond donors (Lipinski definition) is 3. The van der Waals surface area contributed by atoms with Gasteiger partial charge in [0.1, 0.15) is 5.82 Å². The molecule has 3 N–H and O–H groups in total. The van der Waals surface area contributed by atoms with Crippen molar-refractivity contribution >= 4 is 5.91 Å². The Hall–Kier alpha value is -1.46. The Morgan fingerprint density at radius 1 is 1.36 bits per heavy atom. The second-order valence-corrected chi connectivity index (χ2v) is 6.39. The van der Waals surface area contributed by atoms with E-state index >= 15 is 0 Å². The van der Waals surface area contributed by atoms with E-state index < -0.39 is 11.9 Å². The number of amides is 1. The second-order valence-electron chi connectivity index (χ2n) is 6.39. The summed E-state index contributed by atoms with van der Waals surface area (Å²) < 4.78 is 13.6. The molecule has 22 heavy (non-hydrogen) atoms. The van der Waals surface area contributed by atoms with Gasteiger partial charge in [-0.05, 0) is 31.2 Å². The molecule has 4 atom stereocenters. The molecule has 1 aromatic rings. The van der Waals surface area contributed by atoms with Gasteiger partial charge in [-0.25, -0.2) is 4.39 Å². The maximum absolute atomic E-state index is 13.6. The van der Waals surface area contributed by atoms with Crippen LogP contribution in [0.5, 0.6) is 0 Å². The minimum atomic E-state index is -1.02. The van der Waals surface area contributed by atoms with Crippen LogP contribution in [0.3, 0.4) is 0 Å². The third kappa shape index (κ3) is 3.31. The number of carbonyl (C=O) groups is 1. The molecule has 0 spiro atoms. The predicted octanol–water partition coefficient (Wildman–Crippen LogP) is 1.90. The summed E-state index contributed by atoms with van der Waals surface area (Å²) in [6.45, 7) is 0.0350. The fraction of sp³-hybridized carbons (Fsp3) is 0.588. The minimum Gasteiger partial charge on any atom is -0.386 e. The highest BCUT2D eigenvalue weighted by Gasteiger charge is 2.38. The van der Waals surface area contributed by atoms with Crippen molar-refractivity contribution in [2.75, 3.05) is 6.54 Å². The number of aliphatic hydroxyl groups is 1. The van der Waals surface area contributed by atoms with Crippen LogP contribution in [0.1, 0.15) is 43.8 Å². The Morgan fingerprint density at radius 3 is 2.91 bits per heavy atom. The molecule has 1 aromatic carbocycles. The fourth-order valence-electron chi connectivity index (χ4n) is 3.70. The Bertz CT molecular complexity index is 523. The van der Waals surface area contributed by atoms with E-state index in [9.17, 15) is 14.3 Å². The standard InChI is InChI=1S/C17H23FN2O2/c18-13-7-3-2-6-12(13)16(21)10-19-17(22)15-9-11-5-1-4-8-14(11)20-15/h2-3,6-7,11,14-16,20-21H,1,4-5,8-10H2,(H,19,22). The molecule has 0 aromatic heterocycles. The Balaban J connectivity index is 1.51. The van der Waals surface area contributed by atoms with Crippen molar-refractivity contribution in [2.24, 2.45) is 5.92 Å². The van der Waals surface area contributed by atoms with E-state index in [-0.39, 0.29) is 24.1 Å². The first-order chi connectivity index (χ1) is 10.6. The van der Waals surface area contributed by atoms with Gasteiger partial charge >= 0.3 is 0 Å². The van der Waals surface area contributed by atoms with Gasteiger partial charge < -0.3 is 15.7 Å². The number of carbonyl (C=O) groups excluding carboxylic acids is 1. The zero-order chi connectivity index (χ0) is 15.5. The molecule has 1 aliphatic heterocycles. The van der Waals surface area contributed by atoms with Crippen LogP contribution in [0.25, 0.3) is 0 Å². The van der Waals surface area contributed by atoms with Crippen molar-refractivity contribution in [3.63, 3.8) is 0 Å². The highest BCUT2D eigenvalue weighted by Crippen LogP contribution is 2.33. The summed E-state index contributed by atoms with van der Waals surface area (Å²) >= 11 is 0. The zero-order valence-corrected chi connectivity index (χ0v) is 12.6. The molecule has 3 rings (SSSR count). The maximum Gasteiger partial charge on any atom is 0.237 e. The van der Waals surface area contributed by atoms with E-state index in [1.807, 2.05) is 0 Å². The topological polar surface area (TPSA) is 61.4 Å². The third-order valence-electron chi connectivity index (χ3n) is 4.91. The molecule has 4 nitrogen and oxygen atoms in total. The number of nitrogens with one attached hydrogen (secondary N) is 2. The highest BCUT2D eigenvalue weighted by atomic mass is 19.1. The number of rotatable bonds is 4. The molecule has 2 aliphatic rings. The highest BCUT2D eigenvalue weighted by molar-refractivity contribution is 5.82. The lowest BCUT2D eigenvalue weighted by atomic mass is 9.85. The molecule has 2 fully saturated rings. The molecule has 120 valence electrons. The van der Waals surface area contributed by atoms with Crippen molar-refractivity contribution in [1.82, 2.24) is 10.6 Å². The van der Waals surface area contributed by atoms with Crippen LogP contribution >= 0.6 is 0 Å². The molecule has 0 bridgehead atoms. The van der Waals surface area contributed by atoms with Crippen LogP contribution in [-0.2, 0) is 4.79 Å². The molecule has 1 amide bonds.